The number of amides is 3. The number of esters is 1. The molecular formula is C19H20N2O5. The van der Waals surface area contributed by atoms with Gasteiger partial charge >= 0.3 is 5.97 Å². The van der Waals surface area contributed by atoms with Crippen LogP contribution in [0.15, 0.2) is 30.4 Å². The molecule has 3 amide bonds. The van der Waals surface area contributed by atoms with E-state index in [1.165, 1.54) is 13.2 Å². The summed E-state index contributed by atoms with van der Waals surface area (Å²) >= 11 is 0. The van der Waals surface area contributed by atoms with Crippen LogP contribution in [0.3, 0.4) is 0 Å². The van der Waals surface area contributed by atoms with Crippen LogP contribution in [0.2, 0.25) is 0 Å². The van der Waals surface area contributed by atoms with Gasteiger partial charge in [0.2, 0.25) is 17.7 Å². The van der Waals surface area contributed by atoms with Crippen LogP contribution in [0.1, 0.15) is 28.8 Å². The van der Waals surface area contributed by atoms with Crippen molar-refractivity contribution in [1.82, 2.24) is 4.90 Å². The highest BCUT2D eigenvalue weighted by Gasteiger charge is 2.47. The highest BCUT2D eigenvalue weighted by molar-refractivity contribution is 6.09. The Morgan fingerprint density at radius 1 is 1.15 bits per heavy atom. The highest BCUT2D eigenvalue weighted by Crippen LogP contribution is 2.34. The monoisotopic (exact) mass is 356 g/mol. The van der Waals surface area contributed by atoms with Crippen molar-refractivity contribution in [3.63, 3.8) is 0 Å². The van der Waals surface area contributed by atoms with Crippen molar-refractivity contribution >= 4 is 29.4 Å². The lowest BCUT2D eigenvalue weighted by molar-refractivity contribution is -0.142. The molecule has 1 aromatic rings. The van der Waals surface area contributed by atoms with Crippen LogP contribution in [-0.2, 0) is 19.1 Å². The average molecular weight is 356 g/mol. The summed E-state index contributed by atoms with van der Waals surface area (Å²) < 4.78 is 4.67. The maximum Gasteiger partial charge on any atom is 0.337 e. The van der Waals surface area contributed by atoms with E-state index < -0.39 is 11.9 Å². The van der Waals surface area contributed by atoms with Gasteiger partial charge in [0.1, 0.15) is 6.54 Å². The molecule has 7 heteroatoms. The number of nitrogens with zero attached hydrogens (tertiary/aromatic N) is 1. The number of methoxy groups -OCH3 is 1. The number of benzene rings is 1. The molecule has 1 heterocycles. The fourth-order valence-corrected chi connectivity index (χ4v) is 3.36. The van der Waals surface area contributed by atoms with Crippen molar-refractivity contribution in [2.24, 2.45) is 11.8 Å². The summed E-state index contributed by atoms with van der Waals surface area (Å²) in [5, 5.41) is 2.67. The Morgan fingerprint density at radius 2 is 1.77 bits per heavy atom. The topological polar surface area (TPSA) is 92.8 Å². The second-order valence-electron chi connectivity index (χ2n) is 6.49. The minimum Gasteiger partial charge on any atom is -0.465 e. The molecule has 1 aliphatic carbocycles. The third-order valence-electron chi connectivity index (χ3n) is 4.83. The molecule has 1 saturated heterocycles. The van der Waals surface area contributed by atoms with E-state index in [4.69, 9.17) is 0 Å². The van der Waals surface area contributed by atoms with Crippen molar-refractivity contribution in [1.29, 1.82) is 0 Å². The zero-order chi connectivity index (χ0) is 18.8. The van der Waals surface area contributed by atoms with E-state index in [9.17, 15) is 19.2 Å². The molecule has 1 aliphatic heterocycles. The third kappa shape index (κ3) is 3.24. The zero-order valence-electron chi connectivity index (χ0n) is 14.7. The molecular weight excluding hydrogens is 336 g/mol. The van der Waals surface area contributed by atoms with Gasteiger partial charge in [-0.1, -0.05) is 18.2 Å². The molecule has 0 saturated carbocycles. The molecule has 7 nitrogen and oxygen atoms in total. The Kier molecular flexibility index (Phi) is 4.88. The Bertz CT molecular complexity index is 788. The number of likely N-dealkylation sites (tertiary alicyclic amines) is 1. The number of rotatable bonds is 4. The summed E-state index contributed by atoms with van der Waals surface area (Å²) in [5.74, 6) is -2.29. The van der Waals surface area contributed by atoms with Crippen molar-refractivity contribution < 1.29 is 23.9 Å². The summed E-state index contributed by atoms with van der Waals surface area (Å²) in [6.45, 7) is 1.45. The number of anilines is 1. The predicted octanol–water partition coefficient (Wildman–Crippen LogP) is 1.67. The molecule has 0 bridgehead atoms. The molecule has 26 heavy (non-hydrogen) atoms. The van der Waals surface area contributed by atoms with Crippen molar-refractivity contribution in [3.05, 3.63) is 41.5 Å². The Hall–Kier alpha value is -2.96. The number of carbonyl (C=O) groups excluding carboxylic acids is 4. The van der Waals surface area contributed by atoms with Crippen LogP contribution < -0.4 is 5.32 Å². The lowest BCUT2D eigenvalue weighted by Gasteiger charge is -2.15. The first-order chi connectivity index (χ1) is 12.4. The van der Waals surface area contributed by atoms with E-state index >= 15 is 0 Å². The van der Waals surface area contributed by atoms with Crippen LogP contribution in [0.5, 0.6) is 0 Å². The minimum atomic E-state index is -0.512. The van der Waals surface area contributed by atoms with Gasteiger partial charge in [-0.3, -0.25) is 19.3 Å². The van der Waals surface area contributed by atoms with Gasteiger partial charge in [0.05, 0.1) is 24.5 Å². The second kappa shape index (κ2) is 7.11. The molecule has 1 aromatic carbocycles. The molecule has 136 valence electrons. The van der Waals surface area contributed by atoms with E-state index in [1.807, 2.05) is 12.2 Å². The van der Waals surface area contributed by atoms with Crippen molar-refractivity contribution in [2.45, 2.75) is 19.8 Å². The molecule has 1 N–H and O–H groups in total. The smallest absolute Gasteiger partial charge is 0.337 e. The lowest BCUT2D eigenvalue weighted by atomic mass is 9.85. The number of hydrogen-bond donors (Lipinski definition) is 1. The molecule has 2 atom stereocenters. The number of nitrogens with one attached hydrogen (secondary N) is 1. The van der Waals surface area contributed by atoms with Gasteiger partial charge in [0, 0.05) is 5.69 Å². The maximum atomic E-state index is 12.4. The first-order valence-corrected chi connectivity index (χ1v) is 8.41. The van der Waals surface area contributed by atoms with Crippen LogP contribution in [-0.4, -0.2) is 42.2 Å². The number of fused-ring (bicyclic) bond motifs is 1. The summed E-state index contributed by atoms with van der Waals surface area (Å²) in [6, 6.07) is 4.80. The number of aryl methyl sites for hydroxylation is 1. The van der Waals surface area contributed by atoms with Crippen LogP contribution in [0.25, 0.3) is 0 Å². The molecule has 0 radical (unpaired) electrons. The molecule has 0 unspecified atom stereocenters. The normalized spacial score (nSPS) is 21.5. The summed E-state index contributed by atoms with van der Waals surface area (Å²) in [7, 11) is 1.28. The van der Waals surface area contributed by atoms with Gasteiger partial charge in [-0.2, -0.15) is 0 Å². The van der Waals surface area contributed by atoms with Gasteiger partial charge in [0.25, 0.3) is 0 Å². The van der Waals surface area contributed by atoms with Crippen LogP contribution in [0, 0.1) is 18.8 Å². The molecule has 0 aromatic heterocycles. The van der Waals surface area contributed by atoms with Gasteiger partial charge in [0.15, 0.2) is 0 Å². The van der Waals surface area contributed by atoms with Crippen LogP contribution in [0.4, 0.5) is 5.69 Å². The minimum absolute atomic E-state index is 0.292. The summed E-state index contributed by atoms with van der Waals surface area (Å²) in [5.41, 5.74) is 1.50. The number of ether oxygens (including phenoxy) is 1. The fourth-order valence-electron chi connectivity index (χ4n) is 3.36. The standard InChI is InChI=1S/C19H20N2O5/c1-11-7-8-12(19(25)26-2)9-15(11)20-16(22)10-21-17(23)13-5-3-4-6-14(13)18(21)24/h3-4,7-9,13-14H,5-6,10H2,1-2H3,(H,20,22)/t13-,14-/m0/s1. The molecule has 3 rings (SSSR count). The van der Waals surface area contributed by atoms with Crippen LogP contribution >= 0.6 is 0 Å². The van der Waals surface area contributed by atoms with Gasteiger partial charge < -0.3 is 10.1 Å². The molecule has 1 fully saturated rings. The van der Waals surface area contributed by atoms with Crippen molar-refractivity contribution in [3.8, 4) is 0 Å². The SMILES string of the molecule is COC(=O)c1ccc(C)c(NC(=O)CN2C(=O)[C@H]3CC=CC[C@@H]3C2=O)c1. The molecule has 2 aliphatic rings. The van der Waals surface area contributed by atoms with Gasteiger partial charge in [-0.05, 0) is 37.5 Å². The Morgan fingerprint density at radius 3 is 2.35 bits per heavy atom. The number of allylic oxidation sites excluding steroid dienone is 2. The van der Waals surface area contributed by atoms with E-state index in [0.29, 0.717) is 24.1 Å². The fraction of sp³-hybridized carbons (Fsp3) is 0.368. The lowest BCUT2D eigenvalue weighted by Crippen LogP contribution is -2.38. The van der Waals surface area contributed by atoms with E-state index in [1.54, 1.807) is 19.1 Å². The zero-order valence-corrected chi connectivity index (χ0v) is 14.7. The number of imide groups is 1. The first kappa shape index (κ1) is 17.8. The summed E-state index contributed by atoms with van der Waals surface area (Å²) in [6.07, 6.45) is 4.87. The second-order valence-corrected chi connectivity index (χ2v) is 6.49. The largest absolute Gasteiger partial charge is 0.465 e. The number of carbonyl (C=O) groups is 4. The van der Waals surface area contributed by atoms with Crippen molar-refractivity contribution in [2.75, 3.05) is 19.0 Å². The van der Waals surface area contributed by atoms with Gasteiger partial charge in [-0.15, -0.1) is 0 Å². The van der Waals surface area contributed by atoms with E-state index in [0.717, 1.165) is 10.5 Å². The third-order valence-corrected chi connectivity index (χ3v) is 4.83. The highest BCUT2D eigenvalue weighted by atomic mass is 16.5. The quantitative estimate of drug-likeness (QED) is 0.503. The number of hydrogen-bond acceptors (Lipinski definition) is 5. The van der Waals surface area contributed by atoms with E-state index in [-0.39, 0.29) is 30.2 Å². The van der Waals surface area contributed by atoms with Gasteiger partial charge in [-0.25, -0.2) is 4.79 Å². The molecule has 0 spiro atoms. The first-order valence-electron chi connectivity index (χ1n) is 8.41. The maximum absolute atomic E-state index is 12.4. The Balaban J connectivity index is 1.71. The average Bonchev–Trinajstić information content (AvgIpc) is 2.88. The summed E-state index contributed by atoms with van der Waals surface area (Å²) in [4.78, 5) is 49.9. The Labute approximate surface area is 151 Å². The van der Waals surface area contributed by atoms with E-state index in [2.05, 4.69) is 10.1 Å². The predicted molar refractivity (Wildman–Crippen MR) is 93.2 cm³/mol.